The van der Waals surface area contributed by atoms with Crippen LogP contribution in [0.2, 0.25) is 0 Å². The van der Waals surface area contributed by atoms with Gasteiger partial charge < -0.3 is 19.5 Å². The molecule has 1 aliphatic rings. The lowest BCUT2D eigenvalue weighted by Crippen LogP contribution is -2.50. The Morgan fingerprint density at radius 3 is 2.29 bits per heavy atom. The van der Waals surface area contributed by atoms with E-state index in [0.717, 1.165) is 24.4 Å². The number of rotatable bonds is 8. The second-order valence-corrected chi connectivity index (χ2v) is 7.25. The van der Waals surface area contributed by atoms with Crippen molar-refractivity contribution in [2.75, 3.05) is 32.8 Å². The van der Waals surface area contributed by atoms with Crippen LogP contribution in [-0.2, 0) is 14.9 Å². The summed E-state index contributed by atoms with van der Waals surface area (Å²) in [5, 5.41) is 10.3. The summed E-state index contributed by atoms with van der Waals surface area (Å²) in [6, 6.07) is 19.4. The number of hydrogen-bond donors (Lipinski definition) is 1. The highest BCUT2D eigenvalue weighted by atomic mass is 16.5. The molecule has 0 aromatic heterocycles. The number of nitrogens with zero attached hydrogens (tertiary/aromatic N) is 1. The van der Waals surface area contributed by atoms with Crippen LogP contribution in [0.5, 0.6) is 5.75 Å². The van der Waals surface area contributed by atoms with Gasteiger partial charge in [0.25, 0.3) is 0 Å². The number of aliphatic hydroxyl groups excluding tert-OH is 1. The van der Waals surface area contributed by atoms with Crippen LogP contribution in [0.4, 0.5) is 0 Å². The van der Waals surface area contributed by atoms with Crippen molar-refractivity contribution < 1.29 is 19.4 Å². The number of aliphatic hydroxyl groups is 1. The SMILES string of the molecule is CCOC(=O)C1(c2ccccc2)CCN(CC(O)COc2ccccc2)CC1. The fourth-order valence-electron chi connectivity index (χ4n) is 3.81. The van der Waals surface area contributed by atoms with Crippen molar-refractivity contribution >= 4 is 5.97 Å². The van der Waals surface area contributed by atoms with E-state index in [-0.39, 0.29) is 12.6 Å². The largest absolute Gasteiger partial charge is 0.491 e. The molecule has 5 nitrogen and oxygen atoms in total. The first-order chi connectivity index (χ1) is 13.6. The molecule has 1 N–H and O–H groups in total. The Bertz CT molecular complexity index is 727. The summed E-state index contributed by atoms with van der Waals surface area (Å²) in [5.74, 6) is 0.611. The van der Waals surface area contributed by atoms with Crippen molar-refractivity contribution in [2.24, 2.45) is 0 Å². The van der Waals surface area contributed by atoms with Gasteiger partial charge in [-0.05, 0) is 50.6 Å². The molecule has 0 spiro atoms. The Balaban J connectivity index is 1.57. The van der Waals surface area contributed by atoms with Crippen LogP contribution in [0, 0.1) is 0 Å². The van der Waals surface area contributed by atoms with Gasteiger partial charge in [0.15, 0.2) is 0 Å². The minimum atomic E-state index is -0.598. The van der Waals surface area contributed by atoms with Crippen molar-refractivity contribution in [1.29, 1.82) is 0 Å². The number of esters is 1. The quantitative estimate of drug-likeness (QED) is 0.710. The van der Waals surface area contributed by atoms with Gasteiger partial charge in [-0.1, -0.05) is 48.5 Å². The van der Waals surface area contributed by atoms with Crippen molar-refractivity contribution in [3.05, 3.63) is 66.2 Å². The first-order valence-corrected chi connectivity index (χ1v) is 9.95. The van der Waals surface area contributed by atoms with E-state index in [9.17, 15) is 9.90 Å². The van der Waals surface area contributed by atoms with Gasteiger partial charge >= 0.3 is 5.97 Å². The number of carbonyl (C=O) groups excluding carboxylic acids is 1. The van der Waals surface area contributed by atoms with Crippen molar-refractivity contribution in [2.45, 2.75) is 31.3 Å². The van der Waals surface area contributed by atoms with Crippen LogP contribution in [0.3, 0.4) is 0 Å². The zero-order valence-electron chi connectivity index (χ0n) is 16.4. The van der Waals surface area contributed by atoms with E-state index in [1.807, 2.05) is 67.6 Å². The predicted molar refractivity (Wildman–Crippen MR) is 108 cm³/mol. The maximum Gasteiger partial charge on any atom is 0.316 e. The monoisotopic (exact) mass is 383 g/mol. The van der Waals surface area contributed by atoms with Crippen LogP contribution in [0.1, 0.15) is 25.3 Å². The van der Waals surface area contributed by atoms with E-state index in [0.29, 0.717) is 26.0 Å². The molecule has 1 saturated heterocycles. The molecule has 5 heteroatoms. The fourth-order valence-corrected chi connectivity index (χ4v) is 3.81. The van der Waals surface area contributed by atoms with Crippen LogP contribution in [0.15, 0.2) is 60.7 Å². The Labute approximate surface area is 166 Å². The first kappa shape index (κ1) is 20.4. The minimum absolute atomic E-state index is 0.145. The second kappa shape index (κ2) is 9.71. The summed E-state index contributed by atoms with van der Waals surface area (Å²) < 4.78 is 11.1. The number of piperidine rings is 1. The molecule has 1 heterocycles. The smallest absolute Gasteiger partial charge is 0.316 e. The summed E-state index contributed by atoms with van der Waals surface area (Å²) in [4.78, 5) is 15.0. The van der Waals surface area contributed by atoms with Gasteiger partial charge in [0, 0.05) is 6.54 Å². The first-order valence-electron chi connectivity index (χ1n) is 9.95. The lowest BCUT2D eigenvalue weighted by Gasteiger charge is -2.40. The highest BCUT2D eigenvalue weighted by molar-refractivity contribution is 5.83. The van der Waals surface area contributed by atoms with Crippen LogP contribution in [0.25, 0.3) is 0 Å². The van der Waals surface area contributed by atoms with Gasteiger partial charge in [-0.15, -0.1) is 0 Å². The van der Waals surface area contributed by atoms with Gasteiger partial charge in [0.2, 0.25) is 0 Å². The van der Waals surface area contributed by atoms with Gasteiger partial charge in [-0.3, -0.25) is 4.79 Å². The van der Waals surface area contributed by atoms with Gasteiger partial charge in [-0.25, -0.2) is 0 Å². The number of likely N-dealkylation sites (tertiary alicyclic amines) is 1. The third-order valence-corrected chi connectivity index (χ3v) is 5.36. The molecule has 0 saturated carbocycles. The molecule has 1 unspecified atom stereocenters. The summed E-state index contributed by atoms with van der Waals surface area (Å²) >= 11 is 0. The molecular weight excluding hydrogens is 354 g/mol. The van der Waals surface area contributed by atoms with Gasteiger partial charge in [0.05, 0.1) is 12.0 Å². The Morgan fingerprint density at radius 2 is 1.68 bits per heavy atom. The normalized spacial score (nSPS) is 17.6. The maximum atomic E-state index is 12.8. The lowest BCUT2D eigenvalue weighted by atomic mass is 9.72. The average molecular weight is 383 g/mol. The molecule has 0 radical (unpaired) electrons. The van der Waals surface area contributed by atoms with Gasteiger partial charge in [0.1, 0.15) is 18.5 Å². The zero-order valence-corrected chi connectivity index (χ0v) is 16.4. The zero-order chi connectivity index (χ0) is 19.8. The maximum absolute atomic E-state index is 12.8. The van der Waals surface area contributed by atoms with Crippen LogP contribution in [-0.4, -0.2) is 54.9 Å². The lowest BCUT2D eigenvalue weighted by molar-refractivity contribution is -0.152. The summed E-state index contributed by atoms with van der Waals surface area (Å²) in [5.41, 5.74) is 0.417. The highest BCUT2D eigenvalue weighted by Gasteiger charge is 2.44. The van der Waals surface area contributed by atoms with E-state index in [2.05, 4.69) is 4.90 Å². The van der Waals surface area contributed by atoms with E-state index >= 15 is 0 Å². The molecule has 2 aromatic rings. The molecule has 1 fully saturated rings. The summed E-state index contributed by atoms with van der Waals surface area (Å²) in [6.45, 7) is 4.47. The third kappa shape index (κ3) is 4.91. The molecule has 0 bridgehead atoms. The fraction of sp³-hybridized carbons (Fsp3) is 0.435. The molecule has 2 aromatic carbocycles. The van der Waals surface area contributed by atoms with Crippen LogP contribution < -0.4 is 4.74 Å². The van der Waals surface area contributed by atoms with E-state index in [1.165, 1.54) is 0 Å². The van der Waals surface area contributed by atoms with Crippen molar-refractivity contribution in [1.82, 2.24) is 4.90 Å². The summed E-state index contributed by atoms with van der Waals surface area (Å²) in [7, 11) is 0. The second-order valence-electron chi connectivity index (χ2n) is 7.25. The molecule has 3 rings (SSSR count). The van der Waals surface area contributed by atoms with E-state index in [1.54, 1.807) is 0 Å². The minimum Gasteiger partial charge on any atom is -0.491 e. The van der Waals surface area contributed by atoms with E-state index in [4.69, 9.17) is 9.47 Å². The number of carbonyl (C=O) groups is 1. The molecule has 150 valence electrons. The molecule has 0 amide bonds. The Hall–Kier alpha value is -2.37. The van der Waals surface area contributed by atoms with Crippen LogP contribution >= 0.6 is 0 Å². The summed E-state index contributed by atoms with van der Waals surface area (Å²) in [6.07, 6.45) is 0.788. The Kier molecular flexibility index (Phi) is 7.06. The molecule has 28 heavy (non-hydrogen) atoms. The highest BCUT2D eigenvalue weighted by Crippen LogP contribution is 2.37. The van der Waals surface area contributed by atoms with Gasteiger partial charge in [-0.2, -0.15) is 0 Å². The molecule has 1 aliphatic heterocycles. The molecular formula is C23H29NO4. The number of benzene rings is 2. The predicted octanol–water partition coefficient (Wildman–Crippen LogP) is 3.02. The van der Waals surface area contributed by atoms with Crippen molar-refractivity contribution in [3.63, 3.8) is 0 Å². The number of β-amino-alcohol motifs (C(OH)–C–C–N with tert-alkyl or cyclic N) is 1. The van der Waals surface area contributed by atoms with E-state index < -0.39 is 11.5 Å². The number of para-hydroxylation sites is 1. The molecule has 1 atom stereocenters. The third-order valence-electron chi connectivity index (χ3n) is 5.36. The number of ether oxygens (including phenoxy) is 2. The average Bonchev–Trinajstić information content (AvgIpc) is 2.74. The van der Waals surface area contributed by atoms with Crippen molar-refractivity contribution in [3.8, 4) is 5.75 Å². The Morgan fingerprint density at radius 1 is 1.07 bits per heavy atom. The number of hydrogen-bond acceptors (Lipinski definition) is 5. The standard InChI is InChI=1S/C23H29NO4/c1-2-27-22(26)23(19-9-5-3-6-10-19)13-15-24(16-14-23)17-20(25)18-28-21-11-7-4-8-12-21/h3-12,20,25H,2,13-18H2,1H3. The molecule has 0 aliphatic carbocycles. The topological polar surface area (TPSA) is 59.0 Å².